The van der Waals surface area contributed by atoms with Crippen LogP contribution in [0.5, 0.6) is 0 Å². The van der Waals surface area contributed by atoms with E-state index in [9.17, 15) is 9.50 Å². The van der Waals surface area contributed by atoms with E-state index >= 15 is 0 Å². The largest absolute Gasteiger partial charge is 0.391 e. The standard InChI is InChI=1S/C20H29FN2O/c21-17-9-7-16(8-10-17)4-3-13-22-18-11-14-23(15-12-18)19-5-1-2-6-20(19)24/h3-4,7-10,18-20,22,24H,1-2,5-6,11-15H2/b4-3+. The fraction of sp³-hybridized carbons (Fsp3) is 0.600. The highest BCUT2D eigenvalue weighted by Gasteiger charge is 2.31. The zero-order valence-electron chi connectivity index (χ0n) is 14.3. The third-order valence-corrected chi connectivity index (χ3v) is 5.40. The Morgan fingerprint density at radius 1 is 1.08 bits per heavy atom. The molecular formula is C20H29FN2O. The molecular weight excluding hydrogens is 303 g/mol. The fourth-order valence-electron chi connectivity index (χ4n) is 3.96. The number of halogens is 1. The molecule has 0 spiro atoms. The van der Waals surface area contributed by atoms with Crippen molar-refractivity contribution in [1.82, 2.24) is 10.2 Å². The number of aliphatic hydroxyl groups excluding tert-OH is 1. The zero-order valence-corrected chi connectivity index (χ0v) is 14.3. The lowest BCUT2D eigenvalue weighted by molar-refractivity contribution is 0.00741. The van der Waals surface area contributed by atoms with E-state index < -0.39 is 0 Å². The van der Waals surface area contributed by atoms with Crippen LogP contribution in [0, 0.1) is 5.82 Å². The second-order valence-electron chi connectivity index (χ2n) is 7.09. The summed E-state index contributed by atoms with van der Waals surface area (Å²) in [5.41, 5.74) is 1.03. The van der Waals surface area contributed by atoms with Gasteiger partial charge in [-0.05, 0) is 43.4 Å². The SMILES string of the molecule is OC1CCCCC1N1CCC(NC/C=C/c2ccc(F)cc2)CC1. The van der Waals surface area contributed by atoms with E-state index in [4.69, 9.17) is 0 Å². The average molecular weight is 332 g/mol. The van der Waals surface area contributed by atoms with Crippen LogP contribution in [0.15, 0.2) is 30.3 Å². The Labute approximate surface area is 144 Å². The normalized spacial score (nSPS) is 26.9. The topological polar surface area (TPSA) is 35.5 Å². The Kier molecular flexibility index (Phi) is 6.41. The Bertz CT molecular complexity index is 523. The molecule has 2 atom stereocenters. The molecule has 2 unspecified atom stereocenters. The van der Waals surface area contributed by atoms with Gasteiger partial charge in [0, 0.05) is 31.7 Å². The molecule has 0 bridgehead atoms. The molecule has 1 saturated heterocycles. The zero-order chi connectivity index (χ0) is 16.8. The Morgan fingerprint density at radius 3 is 2.50 bits per heavy atom. The number of aliphatic hydroxyl groups is 1. The van der Waals surface area contributed by atoms with Gasteiger partial charge < -0.3 is 10.4 Å². The Hall–Kier alpha value is -1.23. The third kappa shape index (κ3) is 4.88. The number of likely N-dealkylation sites (tertiary alicyclic amines) is 1. The van der Waals surface area contributed by atoms with Crippen molar-refractivity contribution in [2.45, 2.75) is 56.7 Å². The highest BCUT2D eigenvalue weighted by Crippen LogP contribution is 2.25. The molecule has 0 amide bonds. The van der Waals surface area contributed by atoms with Crippen LogP contribution in [0.1, 0.15) is 44.1 Å². The van der Waals surface area contributed by atoms with Gasteiger partial charge in [-0.2, -0.15) is 0 Å². The molecule has 1 aromatic rings. The first-order valence-corrected chi connectivity index (χ1v) is 9.30. The third-order valence-electron chi connectivity index (χ3n) is 5.40. The molecule has 2 fully saturated rings. The summed E-state index contributed by atoms with van der Waals surface area (Å²) < 4.78 is 12.9. The van der Waals surface area contributed by atoms with Gasteiger partial charge in [-0.3, -0.25) is 4.90 Å². The van der Waals surface area contributed by atoms with Crippen LogP contribution >= 0.6 is 0 Å². The quantitative estimate of drug-likeness (QED) is 0.869. The van der Waals surface area contributed by atoms with E-state index in [2.05, 4.69) is 16.3 Å². The summed E-state index contributed by atoms with van der Waals surface area (Å²) in [7, 11) is 0. The molecule has 24 heavy (non-hydrogen) atoms. The van der Waals surface area contributed by atoms with Crippen molar-refractivity contribution >= 4 is 6.08 Å². The van der Waals surface area contributed by atoms with E-state index in [1.165, 1.54) is 25.0 Å². The molecule has 1 aliphatic heterocycles. The Balaban J connectivity index is 1.37. The van der Waals surface area contributed by atoms with Crippen LogP contribution in [-0.2, 0) is 0 Å². The molecule has 3 nitrogen and oxygen atoms in total. The summed E-state index contributed by atoms with van der Waals surface area (Å²) in [5.74, 6) is -0.194. The average Bonchev–Trinajstić information content (AvgIpc) is 2.61. The predicted molar refractivity (Wildman–Crippen MR) is 96.3 cm³/mol. The van der Waals surface area contributed by atoms with Gasteiger partial charge >= 0.3 is 0 Å². The summed E-state index contributed by atoms with van der Waals surface area (Å²) in [6.45, 7) is 3.01. The van der Waals surface area contributed by atoms with Gasteiger partial charge in [0.15, 0.2) is 0 Å². The van der Waals surface area contributed by atoms with Crippen molar-refractivity contribution in [3.63, 3.8) is 0 Å². The molecule has 132 valence electrons. The predicted octanol–water partition coefficient (Wildman–Crippen LogP) is 3.20. The maximum atomic E-state index is 12.9. The second kappa shape index (κ2) is 8.75. The van der Waals surface area contributed by atoms with Crippen molar-refractivity contribution in [3.8, 4) is 0 Å². The number of hydrogen-bond donors (Lipinski definition) is 2. The van der Waals surface area contributed by atoms with Crippen LogP contribution in [0.25, 0.3) is 6.08 Å². The minimum atomic E-state index is -0.194. The maximum absolute atomic E-state index is 12.9. The van der Waals surface area contributed by atoms with Crippen LogP contribution < -0.4 is 5.32 Å². The molecule has 2 N–H and O–H groups in total. The number of benzene rings is 1. The van der Waals surface area contributed by atoms with E-state index in [-0.39, 0.29) is 11.9 Å². The van der Waals surface area contributed by atoms with Gasteiger partial charge in [0.2, 0.25) is 0 Å². The lowest BCUT2D eigenvalue weighted by Crippen LogP contribution is -2.51. The molecule has 1 heterocycles. The molecule has 2 aliphatic rings. The number of nitrogens with one attached hydrogen (secondary N) is 1. The monoisotopic (exact) mass is 332 g/mol. The molecule has 0 radical (unpaired) electrons. The van der Waals surface area contributed by atoms with Gasteiger partial charge in [-0.25, -0.2) is 4.39 Å². The smallest absolute Gasteiger partial charge is 0.123 e. The van der Waals surface area contributed by atoms with Crippen molar-refractivity contribution in [2.24, 2.45) is 0 Å². The lowest BCUT2D eigenvalue weighted by Gasteiger charge is -2.41. The van der Waals surface area contributed by atoms with Crippen molar-refractivity contribution < 1.29 is 9.50 Å². The van der Waals surface area contributed by atoms with Crippen LogP contribution in [0.3, 0.4) is 0 Å². The molecule has 1 aromatic carbocycles. The molecule has 0 aromatic heterocycles. The molecule has 4 heteroatoms. The molecule has 1 aliphatic carbocycles. The van der Waals surface area contributed by atoms with Gasteiger partial charge in [-0.1, -0.05) is 37.1 Å². The number of piperidine rings is 1. The highest BCUT2D eigenvalue weighted by atomic mass is 19.1. The van der Waals surface area contributed by atoms with Crippen molar-refractivity contribution in [3.05, 3.63) is 41.7 Å². The summed E-state index contributed by atoms with van der Waals surface area (Å²) in [5, 5.41) is 13.8. The minimum Gasteiger partial charge on any atom is -0.391 e. The molecule has 3 rings (SSSR count). The minimum absolute atomic E-state index is 0.123. The Morgan fingerprint density at radius 2 is 1.79 bits per heavy atom. The summed E-state index contributed by atoms with van der Waals surface area (Å²) in [6, 6.07) is 7.50. The fourth-order valence-corrected chi connectivity index (χ4v) is 3.96. The van der Waals surface area contributed by atoms with Crippen LogP contribution in [0.4, 0.5) is 4.39 Å². The summed E-state index contributed by atoms with van der Waals surface area (Å²) in [4.78, 5) is 2.50. The van der Waals surface area contributed by atoms with E-state index in [1.54, 1.807) is 12.1 Å². The first-order valence-electron chi connectivity index (χ1n) is 9.30. The summed E-state index contributed by atoms with van der Waals surface area (Å²) in [6.07, 6.45) is 10.9. The first-order chi connectivity index (χ1) is 11.7. The van der Waals surface area contributed by atoms with Gasteiger partial charge in [0.1, 0.15) is 5.82 Å². The molecule has 1 saturated carbocycles. The van der Waals surface area contributed by atoms with E-state index in [0.29, 0.717) is 12.1 Å². The lowest BCUT2D eigenvalue weighted by atomic mass is 9.89. The second-order valence-corrected chi connectivity index (χ2v) is 7.09. The highest BCUT2D eigenvalue weighted by molar-refractivity contribution is 5.48. The number of nitrogens with zero attached hydrogens (tertiary/aromatic N) is 1. The maximum Gasteiger partial charge on any atom is 0.123 e. The van der Waals surface area contributed by atoms with Gasteiger partial charge in [-0.15, -0.1) is 0 Å². The number of hydrogen-bond acceptors (Lipinski definition) is 3. The van der Waals surface area contributed by atoms with Crippen LogP contribution in [0.2, 0.25) is 0 Å². The van der Waals surface area contributed by atoms with E-state index in [0.717, 1.165) is 50.9 Å². The summed E-state index contributed by atoms with van der Waals surface area (Å²) >= 11 is 0. The van der Waals surface area contributed by atoms with Crippen LogP contribution in [-0.4, -0.2) is 47.8 Å². The first kappa shape index (κ1) is 17.6. The number of rotatable bonds is 5. The van der Waals surface area contributed by atoms with E-state index in [1.807, 2.05) is 6.08 Å². The van der Waals surface area contributed by atoms with Gasteiger partial charge in [0.25, 0.3) is 0 Å². The van der Waals surface area contributed by atoms with Crippen molar-refractivity contribution in [2.75, 3.05) is 19.6 Å². The van der Waals surface area contributed by atoms with Gasteiger partial charge in [0.05, 0.1) is 6.10 Å². The van der Waals surface area contributed by atoms with Crippen molar-refractivity contribution in [1.29, 1.82) is 0 Å².